The standard InChI is InChI=1S/C8H16N2O/c1-2-11-10-7-8-3-5-9-6-4-8/h7-9H,2-6H2,1H3. The van der Waals surface area contributed by atoms with Crippen LogP contribution in [0.25, 0.3) is 0 Å². The van der Waals surface area contributed by atoms with Gasteiger partial charge in [-0.1, -0.05) is 5.16 Å². The van der Waals surface area contributed by atoms with Crippen molar-refractivity contribution in [3.05, 3.63) is 0 Å². The molecule has 0 aromatic heterocycles. The summed E-state index contributed by atoms with van der Waals surface area (Å²) < 4.78 is 0. The molecule has 1 aliphatic heterocycles. The van der Waals surface area contributed by atoms with Crippen molar-refractivity contribution in [2.24, 2.45) is 11.1 Å². The second-order valence-electron chi connectivity index (χ2n) is 2.76. The summed E-state index contributed by atoms with van der Waals surface area (Å²) in [6.45, 7) is 4.84. The topological polar surface area (TPSA) is 33.6 Å². The Balaban J connectivity index is 2.13. The highest BCUT2D eigenvalue weighted by Crippen LogP contribution is 2.08. The Bertz CT molecular complexity index is 119. The van der Waals surface area contributed by atoms with Crippen molar-refractivity contribution >= 4 is 6.21 Å². The SMILES string of the molecule is CCON=CC1CCNCC1. The molecule has 0 radical (unpaired) electrons. The molecule has 0 bridgehead atoms. The van der Waals surface area contributed by atoms with Crippen LogP contribution in [0.15, 0.2) is 5.16 Å². The molecule has 0 saturated carbocycles. The third-order valence-electron chi connectivity index (χ3n) is 1.86. The molecule has 0 atom stereocenters. The second kappa shape index (κ2) is 5.13. The largest absolute Gasteiger partial charge is 0.396 e. The molecule has 11 heavy (non-hydrogen) atoms. The third-order valence-corrected chi connectivity index (χ3v) is 1.86. The minimum atomic E-state index is 0.628. The van der Waals surface area contributed by atoms with Gasteiger partial charge in [-0.3, -0.25) is 0 Å². The van der Waals surface area contributed by atoms with Crippen molar-refractivity contribution in [1.82, 2.24) is 5.32 Å². The van der Waals surface area contributed by atoms with Crippen molar-refractivity contribution in [3.63, 3.8) is 0 Å². The summed E-state index contributed by atoms with van der Waals surface area (Å²) in [6, 6.07) is 0. The van der Waals surface area contributed by atoms with Gasteiger partial charge in [-0.2, -0.15) is 0 Å². The predicted molar refractivity (Wildman–Crippen MR) is 45.7 cm³/mol. The lowest BCUT2D eigenvalue weighted by molar-refractivity contribution is 0.158. The van der Waals surface area contributed by atoms with Gasteiger partial charge in [0.2, 0.25) is 0 Å². The maximum atomic E-state index is 4.89. The lowest BCUT2D eigenvalue weighted by Gasteiger charge is -2.17. The molecule has 0 amide bonds. The predicted octanol–water partition coefficient (Wildman–Crippen LogP) is 1.01. The second-order valence-corrected chi connectivity index (χ2v) is 2.76. The van der Waals surface area contributed by atoms with Crippen molar-refractivity contribution in [1.29, 1.82) is 0 Å². The highest BCUT2D eigenvalue weighted by Gasteiger charge is 2.09. The molecule has 1 saturated heterocycles. The highest BCUT2D eigenvalue weighted by molar-refractivity contribution is 5.60. The van der Waals surface area contributed by atoms with E-state index in [1.807, 2.05) is 13.1 Å². The fraction of sp³-hybridized carbons (Fsp3) is 0.875. The molecule has 1 N–H and O–H groups in total. The summed E-state index contributed by atoms with van der Waals surface area (Å²) in [5.74, 6) is 0.628. The summed E-state index contributed by atoms with van der Waals surface area (Å²) in [5.41, 5.74) is 0. The van der Waals surface area contributed by atoms with Crippen LogP contribution < -0.4 is 5.32 Å². The van der Waals surface area contributed by atoms with Crippen LogP contribution in [-0.4, -0.2) is 25.9 Å². The molecule has 1 fully saturated rings. The zero-order valence-electron chi connectivity index (χ0n) is 7.05. The van der Waals surface area contributed by atoms with Gasteiger partial charge >= 0.3 is 0 Å². The summed E-state index contributed by atoms with van der Waals surface area (Å²) in [7, 11) is 0. The maximum absolute atomic E-state index is 4.89. The van der Waals surface area contributed by atoms with E-state index in [1.54, 1.807) is 0 Å². The number of hydrogen-bond acceptors (Lipinski definition) is 3. The smallest absolute Gasteiger partial charge is 0.114 e. The first-order valence-corrected chi connectivity index (χ1v) is 4.29. The Morgan fingerprint density at radius 2 is 2.27 bits per heavy atom. The van der Waals surface area contributed by atoms with Crippen LogP contribution in [0.1, 0.15) is 19.8 Å². The van der Waals surface area contributed by atoms with E-state index in [0.29, 0.717) is 12.5 Å². The number of hydrogen-bond donors (Lipinski definition) is 1. The number of piperidine rings is 1. The first-order chi connectivity index (χ1) is 5.43. The fourth-order valence-corrected chi connectivity index (χ4v) is 1.20. The van der Waals surface area contributed by atoms with Crippen molar-refractivity contribution in [3.8, 4) is 0 Å². The van der Waals surface area contributed by atoms with E-state index in [-0.39, 0.29) is 0 Å². The fourth-order valence-electron chi connectivity index (χ4n) is 1.20. The number of rotatable bonds is 3. The Morgan fingerprint density at radius 1 is 1.55 bits per heavy atom. The van der Waals surface area contributed by atoms with E-state index in [2.05, 4.69) is 10.5 Å². The average molecular weight is 156 g/mol. The van der Waals surface area contributed by atoms with Gasteiger partial charge in [0.25, 0.3) is 0 Å². The van der Waals surface area contributed by atoms with E-state index < -0.39 is 0 Å². The number of oxime groups is 1. The van der Waals surface area contributed by atoms with Crippen molar-refractivity contribution < 1.29 is 4.84 Å². The van der Waals surface area contributed by atoms with Crippen molar-refractivity contribution in [2.75, 3.05) is 19.7 Å². The van der Waals surface area contributed by atoms with Crippen LogP contribution in [-0.2, 0) is 4.84 Å². The normalized spacial score (nSPS) is 20.8. The Labute approximate surface area is 67.8 Å². The van der Waals surface area contributed by atoms with E-state index >= 15 is 0 Å². The summed E-state index contributed by atoms with van der Waals surface area (Å²) in [5, 5.41) is 7.16. The van der Waals surface area contributed by atoms with Crippen LogP contribution in [0.3, 0.4) is 0 Å². The lowest BCUT2D eigenvalue weighted by Crippen LogP contribution is -2.28. The van der Waals surface area contributed by atoms with Gasteiger partial charge < -0.3 is 10.2 Å². The van der Waals surface area contributed by atoms with Gasteiger partial charge in [-0.15, -0.1) is 0 Å². The van der Waals surface area contributed by atoms with E-state index in [4.69, 9.17) is 4.84 Å². The van der Waals surface area contributed by atoms with Gasteiger partial charge in [0.15, 0.2) is 0 Å². The third kappa shape index (κ3) is 3.37. The minimum Gasteiger partial charge on any atom is -0.396 e. The maximum Gasteiger partial charge on any atom is 0.114 e. The molecule has 1 aliphatic rings. The molecule has 3 nitrogen and oxygen atoms in total. The number of nitrogens with one attached hydrogen (secondary N) is 1. The van der Waals surface area contributed by atoms with Crippen molar-refractivity contribution in [2.45, 2.75) is 19.8 Å². The zero-order chi connectivity index (χ0) is 7.94. The minimum absolute atomic E-state index is 0.628. The van der Waals surface area contributed by atoms with Gasteiger partial charge in [0.1, 0.15) is 6.61 Å². The Kier molecular flexibility index (Phi) is 3.98. The Hall–Kier alpha value is -0.570. The first kappa shape index (κ1) is 8.53. The highest BCUT2D eigenvalue weighted by atomic mass is 16.6. The molecule has 0 aromatic carbocycles. The summed E-state index contributed by atoms with van der Waals surface area (Å²) in [6.07, 6.45) is 4.32. The molecule has 0 aromatic rings. The molecule has 0 aliphatic carbocycles. The van der Waals surface area contributed by atoms with Gasteiger partial charge in [-0.25, -0.2) is 0 Å². The molecule has 1 heterocycles. The van der Waals surface area contributed by atoms with E-state index in [1.165, 1.54) is 12.8 Å². The quantitative estimate of drug-likeness (QED) is 0.488. The molecule has 64 valence electrons. The van der Waals surface area contributed by atoms with Crippen LogP contribution in [0.4, 0.5) is 0 Å². The molecule has 0 unspecified atom stereocenters. The molecular formula is C8H16N2O. The monoisotopic (exact) mass is 156 g/mol. The molecule has 1 rings (SSSR count). The van der Waals surface area contributed by atoms with E-state index in [0.717, 1.165) is 13.1 Å². The molecular weight excluding hydrogens is 140 g/mol. The zero-order valence-corrected chi connectivity index (χ0v) is 7.05. The van der Waals surface area contributed by atoms with Gasteiger partial charge in [0.05, 0.1) is 0 Å². The molecule has 0 spiro atoms. The number of nitrogens with zero attached hydrogens (tertiary/aromatic N) is 1. The summed E-state index contributed by atoms with van der Waals surface area (Å²) >= 11 is 0. The van der Waals surface area contributed by atoms with Crippen LogP contribution in [0.5, 0.6) is 0 Å². The van der Waals surface area contributed by atoms with Gasteiger partial charge in [-0.05, 0) is 38.8 Å². The Morgan fingerprint density at radius 3 is 2.91 bits per heavy atom. The average Bonchev–Trinajstić information content (AvgIpc) is 2.07. The van der Waals surface area contributed by atoms with Crippen LogP contribution in [0.2, 0.25) is 0 Å². The lowest BCUT2D eigenvalue weighted by atomic mass is 10.0. The first-order valence-electron chi connectivity index (χ1n) is 4.29. The van der Waals surface area contributed by atoms with Crippen LogP contribution in [0, 0.1) is 5.92 Å². The molecule has 3 heteroatoms. The van der Waals surface area contributed by atoms with Crippen LogP contribution >= 0.6 is 0 Å². The summed E-state index contributed by atoms with van der Waals surface area (Å²) in [4.78, 5) is 4.89. The van der Waals surface area contributed by atoms with E-state index in [9.17, 15) is 0 Å². The van der Waals surface area contributed by atoms with Gasteiger partial charge in [0, 0.05) is 6.21 Å².